The summed E-state index contributed by atoms with van der Waals surface area (Å²) in [5.41, 5.74) is 4.36. The highest BCUT2D eigenvalue weighted by Gasteiger charge is 2.25. The Balaban J connectivity index is 1.46. The van der Waals surface area contributed by atoms with Gasteiger partial charge in [-0.25, -0.2) is 0 Å². The first-order valence-electron chi connectivity index (χ1n) is 9.28. The third-order valence-electron chi connectivity index (χ3n) is 4.85. The first-order chi connectivity index (χ1) is 13.3. The normalized spacial score (nSPS) is 16.2. The van der Waals surface area contributed by atoms with Crippen molar-refractivity contribution >= 4 is 12.0 Å². The van der Waals surface area contributed by atoms with Gasteiger partial charge in [0.15, 0.2) is 0 Å². The van der Waals surface area contributed by atoms with E-state index in [-0.39, 0.29) is 11.9 Å². The number of nitrogens with one attached hydrogen (secondary N) is 1. The lowest BCUT2D eigenvalue weighted by molar-refractivity contribution is -0.117. The molecule has 0 aliphatic heterocycles. The number of fused-ring (bicyclic) bond motifs is 1. The Morgan fingerprint density at radius 1 is 1.19 bits per heavy atom. The maximum absolute atomic E-state index is 12.3. The van der Waals surface area contributed by atoms with Crippen LogP contribution in [-0.2, 0) is 17.8 Å². The lowest BCUT2D eigenvalue weighted by Gasteiger charge is -2.23. The minimum Gasteiger partial charge on any atom is -0.346 e. The van der Waals surface area contributed by atoms with Crippen molar-refractivity contribution in [3.63, 3.8) is 0 Å². The van der Waals surface area contributed by atoms with Crippen LogP contribution in [0.25, 0.3) is 6.08 Å². The van der Waals surface area contributed by atoms with E-state index in [0.717, 1.165) is 37.1 Å². The minimum absolute atomic E-state index is 0.0131. The fourth-order valence-corrected chi connectivity index (χ4v) is 3.52. The molecule has 2 heterocycles. The topological polar surface area (TPSA) is 59.8 Å². The van der Waals surface area contributed by atoms with E-state index in [1.54, 1.807) is 18.3 Å². The second-order valence-electron chi connectivity index (χ2n) is 6.73. The minimum atomic E-state index is -0.102. The van der Waals surface area contributed by atoms with Crippen LogP contribution in [0.1, 0.15) is 41.4 Å². The summed E-state index contributed by atoms with van der Waals surface area (Å²) in [4.78, 5) is 16.5. The van der Waals surface area contributed by atoms with Crippen molar-refractivity contribution in [3.8, 4) is 0 Å². The Morgan fingerprint density at radius 3 is 2.85 bits per heavy atom. The number of carbonyl (C=O) groups excluding carboxylic acids is 1. The van der Waals surface area contributed by atoms with Crippen LogP contribution in [0.5, 0.6) is 0 Å². The molecule has 1 aliphatic carbocycles. The molecular formula is C22H22N4O. The molecule has 1 atom stereocenters. The monoisotopic (exact) mass is 358 g/mol. The number of carbonyl (C=O) groups is 1. The van der Waals surface area contributed by atoms with Gasteiger partial charge < -0.3 is 5.32 Å². The summed E-state index contributed by atoms with van der Waals surface area (Å²) < 4.78 is 2.06. The van der Waals surface area contributed by atoms with Crippen molar-refractivity contribution in [1.82, 2.24) is 20.1 Å². The lowest BCUT2D eigenvalue weighted by atomic mass is 9.93. The summed E-state index contributed by atoms with van der Waals surface area (Å²) in [5.74, 6) is -0.102. The quantitative estimate of drug-likeness (QED) is 0.710. The van der Waals surface area contributed by atoms with Crippen molar-refractivity contribution in [3.05, 3.63) is 89.5 Å². The van der Waals surface area contributed by atoms with Crippen molar-refractivity contribution in [1.29, 1.82) is 0 Å². The van der Waals surface area contributed by atoms with E-state index in [4.69, 9.17) is 0 Å². The molecule has 0 fully saturated rings. The Kier molecular flexibility index (Phi) is 5.10. The molecule has 1 aliphatic rings. The van der Waals surface area contributed by atoms with Gasteiger partial charge in [0.25, 0.3) is 0 Å². The zero-order valence-corrected chi connectivity index (χ0v) is 15.1. The number of aromatic nitrogens is 3. The van der Waals surface area contributed by atoms with Gasteiger partial charge in [-0.15, -0.1) is 0 Å². The van der Waals surface area contributed by atoms with Gasteiger partial charge in [-0.3, -0.25) is 14.5 Å². The standard InChI is InChI=1S/C22H22N4O/c27-22(13-12-18-9-4-5-14-23-18)25-20-10-6-11-21-19(20)15-24-26(21)16-17-7-2-1-3-8-17/h1-5,7-9,12-15,20H,6,10-11,16H2,(H,25,27)/b13-12+. The van der Waals surface area contributed by atoms with Crippen LogP contribution in [-0.4, -0.2) is 20.7 Å². The second-order valence-corrected chi connectivity index (χ2v) is 6.73. The number of hydrogen-bond donors (Lipinski definition) is 1. The van der Waals surface area contributed by atoms with Crippen molar-refractivity contribution in [2.75, 3.05) is 0 Å². The van der Waals surface area contributed by atoms with Gasteiger partial charge in [0, 0.05) is 23.5 Å². The average Bonchev–Trinajstić information content (AvgIpc) is 3.12. The molecule has 5 heteroatoms. The number of pyridine rings is 1. The van der Waals surface area contributed by atoms with Crippen LogP contribution in [0, 0.1) is 0 Å². The second kappa shape index (κ2) is 7.99. The zero-order valence-electron chi connectivity index (χ0n) is 15.1. The van der Waals surface area contributed by atoms with E-state index in [2.05, 4.69) is 32.2 Å². The number of amides is 1. The van der Waals surface area contributed by atoms with Crippen molar-refractivity contribution in [2.45, 2.75) is 31.8 Å². The van der Waals surface area contributed by atoms with Gasteiger partial charge in [-0.05, 0) is 43.0 Å². The molecule has 1 N–H and O–H groups in total. The van der Waals surface area contributed by atoms with Crippen LogP contribution in [0.15, 0.2) is 67.0 Å². The molecule has 5 nitrogen and oxygen atoms in total. The summed E-state index contributed by atoms with van der Waals surface area (Å²) >= 11 is 0. The predicted octanol–water partition coefficient (Wildman–Crippen LogP) is 3.53. The zero-order chi connectivity index (χ0) is 18.5. The van der Waals surface area contributed by atoms with Crippen LogP contribution in [0.3, 0.4) is 0 Å². The Bertz CT molecular complexity index is 931. The third-order valence-corrected chi connectivity index (χ3v) is 4.85. The molecule has 27 heavy (non-hydrogen) atoms. The van der Waals surface area contributed by atoms with E-state index in [0.29, 0.717) is 0 Å². The maximum Gasteiger partial charge on any atom is 0.244 e. The molecule has 0 saturated carbocycles. The van der Waals surface area contributed by atoms with Crippen molar-refractivity contribution < 1.29 is 4.79 Å². The molecule has 0 saturated heterocycles. The number of rotatable bonds is 5. The first-order valence-corrected chi connectivity index (χ1v) is 9.28. The smallest absolute Gasteiger partial charge is 0.244 e. The molecule has 136 valence electrons. The van der Waals surface area contributed by atoms with E-state index in [9.17, 15) is 4.79 Å². The van der Waals surface area contributed by atoms with Gasteiger partial charge >= 0.3 is 0 Å². The van der Waals surface area contributed by atoms with Crippen LogP contribution in [0.4, 0.5) is 0 Å². The van der Waals surface area contributed by atoms with Gasteiger partial charge in [0.05, 0.1) is 24.5 Å². The number of benzene rings is 1. The largest absolute Gasteiger partial charge is 0.346 e. The molecular weight excluding hydrogens is 336 g/mol. The highest BCUT2D eigenvalue weighted by atomic mass is 16.1. The van der Waals surface area contributed by atoms with Gasteiger partial charge in [0.2, 0.25) is 5.91 Å². The highest BCUT2D eigenvalue weighted by molar-refractivity contribution is 5.91. The fourth-order valence-electron chi connectivity index (χ4n) is 3.52. The number of hydrogen-bond acceptors (Lipinski definition) is 3. The first kappa shape index (κ1) is 17.2. The molecule has 1 aromatic carbocycles. The molecule has 4 rings (SSSR count). The molecule has 1 unspecified atom stereocenters. The molecule has 3 aromatic rings. The summed E-state index contributed by atoms with van der Waals surface area (Å²) in [7, 11) is 0. The Labute approximate surface area is 158 Å². The molecule has 2 aromatic heterocycles. The van der Waals surface area contributed by atoms with Crippen LogP contribution in [0.2, 0.25) is 0 Å². The average molecular weight is 358 g/mol. The molecule has 1 amide bonds. The fraction of sp³-hybridized carbons (Fsp3) is 0.227. The third kappa shape index (κ3) is 4.14. The Morgan fingerprint density at radius 2 is 2.04 bits per heavy atom. The van der Waals surface area contributed by atoms with Gasteiger partial charge in [-0.1, -0.05) is 36.4 Å². The SMILES string of the molecule is O=C(/C=C/c1ccccn1)NC1CCCc2c1cnn2Cc1ccccc1. The lowest BCUT2D eigenvalue weighted by Crippen LogP contribution is -2.29. The van der Waals surface area contributed by atoms with Gasteiger partial charge in [0.1, 0.15) is 0 Å². The summed E-state index contributed by atoms with van der Waals surface area (Å²) in [5, 5.41) is 7.70. The predicted molar refractivity (Wildman–Crippen MR) is 105 cm³/mol. The van der Waals surface area contributed by atoms with Crippen molar-refractivity contribution in [2.24, 2.45) is 0 Å². The van der Waals surface area contributed by atoms with E-state index < -0.39 is 0 Å². The van der Waals surface area contributed by atoms with E-state index in [1.165, 1.54) is 11.3 Å². The van der Waals surface area contributed by atoms with E-state index in [1.807, 2.05) is 42.6 Å². The number of nitrogens with zero attached hydrogens (tertiary/aromatic N) is 3. The molecule has 0 radical (unpaired) electrons. The van der Waals surface area contributed by atoms with Gasteiger partial charge in [-0.2, -0.15) is 5.10 Å². The molecule has 0 spiro atoms. The van der Waals surface area contributed by atoms with Crippen LogP contribution >= 0.6 is 0 Å². The Hall–Kier alpha value is -3.21. The summed E-state index contributed by atoms with van der Waals surface area (Å²) in [6, 6.07) is 16.0. The van der Waals surface area contributed by atoms with Crippen LogP contribution < -0.4 is 5.32 Å². The molecule has 0 bridgehead atoms. The maximum atomic E-state index is 12.3. The summed E-state index contributed by atoms with van der Waals surface area (Å²) in [6.45, 7) is 0.760. The summed E-state index contributed by atoms with van der Waals surface area (Å²) in [6.07, 6.45) is 9.88. The highest BCUT2D eigenvalue weighted by Crippen LogP contribution is 2.30. The van der Waals surface area contributed by atoms with E-state index >= 15 is 0 Å².